The van der Waals surface area contributed by atoms with Gasteiger partial charge in [-0.1, -0.05) is 0 Å². The van der Waals surface area contributed by atoms with Crippen molar-refractivity contribution < 1.29 is 22.6 Å². The van der Waals surface area contributed by atoms with Gasteiger partial charge in [0.05, 0.1) is 25.0 Å². The van der Waals surface area contributed by atoms with E-state index in [-0.39, 0.29) is 18.8 Å². The zero-order chi connectivity index (χ0) is 18.5. The molecule has 0 fully saturated rings. The molecule has 0 radical (unpaired) electrons. The van der Waals surface area contributed by atoms with Crippen molar-refractivity contribution in [3.63, 3.8) is 0 Å². The smallest absolute Gasteiger partial charge is 0.198 e. The van der Waals surface area contributed by atoms with Gasteiger partial charge in [0, 0.05) is 49.6 Å². The zero-order valence-corrected chi connectivity index (χ0v) is 13.9. The number of ether oxygens (including phenoxy) is 2. The Labute approximate surface area is 147 Å². The molecule has 8 heteroatoms. The summed E-state index contributed by atoms with van der Waals surface area (Å²) in [6.07, 6.45) is 3.13. The average molecular weight is 363 g/mol. The van der Waals surface area contributed by atoms with E-state index in [1.54, 1.807) is 13.1 Å². The summed E-state index contributed by atoms with van der Waals surface area (Å²) in [5.41, 5.74) is 1.04. The van der Waals surface area contributed by atoms with E-state index in [1.165, 1.54) is 18.5 Å². The largest absolute Gasteiger partial charge is 0.492 e. The molecule has 2 heterocycles. The normalized spacial score (nSPS) is 10.8. The van der Waals surface area contributed by atoms with Crippen LogP contribution in [0.25, 0.3) is 11.0 Å². The molecule has 0 spiro atoms. The van der Waals surface area contributed by atoms with Crippen LogP contribution in [0.5, 0.6) is 17.2 Å². The summed E-state index contributed by atoms with van der Waals surface area (Å²) in [4.78, 5) is 8.34. The molecule has 3 rings (SSSR count). The highest BCUT2D eigenvalue weighted by Crippen LogP contribution is 2.33. The van der Waals surface area contributed by atoms with Crippen LogP contribution in [0, 0.1) is 11.6 Å². The first-order valence-electron chi connectivity index (χ1n) is 7.90. The molecule has 1 aromatic carbocycles. The van der Waals surface area contributed by atoms with Crippen LogP contribution < -0.4 is 14.8 Å². The van der Waals surface area contributed by atoms with Crippen LogP contribution in [-0.2, 0) is 0 Å². The fourth-order valence-corrected chi connectivity index (χ4v) is 2.30. The number of rotatable bonds is 7. The fourth-order valence-electron chi connectivity index (χ4n) is 2.30. The highest BCUT2D eigenvalue weighted by molar-refractivity contribution is 5.81. The SMILES string of the molecule is CNc1cc(F)c(Oc2ccnc3cc(OCCCF)cnc23)c(F)c1. The first-order chi connectivity index (χ1) is 12.6. The molecule has 0 atom stereocenters. The summed E-state index contributed by atoms with van der Waals surface area (Å²) in [5.74, 6) is -1.64. The summed E-state index contributed by atoms with van der Waals surface area (Å²) in [5, 5.41) is 2.66. The maximum atomic E-state index is 14.1. The molecule has 5 nitrogen and oxygen atoms in total. The van der Waals surface area contributed by atoms with Gasteiger partial charge in [-0.25, -0.2) is 13.8 Å². The minimum Gasteiger partial charge on any atom is -0.492 e. The number of anilines is 1. The van der Waals surface area contributed by atoms with Gasteiger partial charge in [-0.3, -0.25) is 9.37 Å². The van der Waals surface area contributed by atoms with Gasteiger partial charge < -0.3 is 14.8 Å². The third-order valence-electron chi connectivity index (χ3n) is 3.56. The number of benzene rings is 1. The standard InChI is InChI=1S/C18H16F3N3O2/c1-22-11-7-13(20)18(14(21)8-11)26-16-3-5-23-15-9-12(10-24-17(15)16)25-6-2-4-19/h3,5,7-10,22H,2,4,6H2,1H3. The van der Waals surface area contributed by atoms with Crippen molar-refractivity contribution in [2.75, 3.05) is 25.6 Å². The van der Waals surface area contributed by atoms with E-state index in [4.69, 9.17) is 9.47 Å². The molecular weight excluding hydrogens is 347 g/mol. The van der Waals surface area contributed by atoms with E-state index in [2.05, 4.69) is 15.3 Å². The molecule has 0 bridgehead atoms. The van der Waals surface area contributed by atoms with Crippen molar-refractivity contribution >= 4 is 16.7 Å². The molecule has 0 amide bonds. The number of nitrogens with zero attached hydrogens (tertiary/aromatic N) is 2. The minimum absolute atomic E-state index is 0.153. The number of fused-ring (bicyclic) bond motifs is 1. The van der Waals surface area contributed by atoms with Crippen molar-refractivity contribution in [3.8, 4) is 17.2 Å². The summed E-state index contributed by atoms with van der Waals surface area (Å²) in [6.45, 7) is -0.255. The molecule has 0 saturated heterocycles. The molecule has 3 aromatic rings. The molecule has 0 aliphatic heterocycles. The van der Waals surface area contributed by atoms with E-state index in [1.807, 2.05) is 0 Å². The Hall–Kier alpha value is -3.03. The highest BCUT2D eigenvalue weighted by Gasteiger charge is 2.16. The topological polar surface area (TPSA) is 56.3 Å². The molecule has 2 aromatic heterocycles. The van der Waals surface area contributed by atoms with Gasteiger partial charge in [0.25, 0.3) is 0 Å². The van der Waals surface area contributed by atoms with Crippen LogP contribution in [0.1, 0.15) is 6.42 Å². The van der Waals surface area contributed by atoms with Crippen molar-refractivity contribution in [1.29, 1.82) is 0 Å². The maximum Gasteiger partial charge on any atom is 0.198 e. The van der Waals surface area contributed by atoms with E-state index in [0.29, 0.717) is 22.5 Å². The van der Waals surface area contributed by atoms with Gasteiger partial charge >= 0.3 is 0 Å². The van der Waals surface area contributed by atoms with Crippen LogP contribution in [0.4, 0.5) is 18.9 Å². The molecular formula is C18H16F3N3O2. The first kappa shape index (κ1) is 17.8. The minimum atomic E-state index is -0.842. The summed E-state index contributed by atoms with van der Waals surface area (Å²) in [6, 6.07) is 5.33. The lowest BCUT2D eigenvalue weighted by Crippen LogP contribution is -2.00. The average Bonchev–Trinajstić information content (AvgIpc) is 2.64. The third kappa shape index (κ3) is 3.79. The van der Waals surface area contributed by atoms with E-state index in [0.717, 1.165) is 12.1 Å². The molecule has 0 unspecified atom stereocenters. The van der Waals surface area contributed by atoms with Crippen molar-refractivity contribution in [1.82, 2.24) is 9.97 Å². The van der Waals surface area contributed by atoms with Crippen LogP contribution in [0.2, 0.25) is 0 Å². The van der Waals surface area contributed by atoms with E-state index >= 15 is 0 Å². The molecule has 0 saturated carbocycles. The second-order valence-corrected chi connectivity index (χ2v) is 5.36. The summed E-state index contributed by atoms with van der Waals surface area (Å²) in [7, 11) is 1.56. The van der Waals surface area contributed by atoms with Gasteiger partial charge in [0.1, 0.15) is 11.3 Å². The van der Waals surface area contributed by atoms with Crippen LogP contribution >= 0.6 is 0 Å². The van der Waals surface area contributed by atoms with Gasteiger partial charge in [0.2, 0.25) is 0 Å². The second-order valence-electron chi connectivity index (χ2n) is 5.36. The van der Waals surface area contributed by atoms with Crippen molar-refractivity contribution in [2.24, 2.45) is 0 Å². The number of alkyl halides is 1. The van der Waals surface area contributed by atoms with E-state index in [9.17, 15) is 13.2 Å². The number of pyridine rings is 2. The summed E-state index contributed by atoms with van der Waals surface area (Å²) >= 11 is 0. The molecule has 1 N–H and O–H groups in total. The number of halogens is 3. The van der Waals surface area contributed by atoms with Crippen molar-refractivity contribution in [3.05, 3.63) is 48.3 Å². The van der Waals surface area contributed by atoms with Crippen molar-refractivity contribution in [2.45, 2.75) is 6.42 Å². The number of aromatic nitrogens is 2. The van der Waals surface area contributed by atoms with Gasteiger partial charge in [-0.05, 0) is 0 Å². The molecule has 136 valence electrons. The number of nitrogens with one attached hydrogen (secondary N) is 1. The predicted octanol–water partition coefficient (Wildman–Crippen LogP) is 4.48. The second kappa shape index (κ2) is 7.90. The summed E-state index contributed by atoms with van der Waals surface area (Å²) < 4.78 is 51.2. The molecule has 0 aliphatic carbocycles. The maximum absolute atomic E-state index is 14.1. The lowest BCUT2D eigenvalue weighted by Gasteiger charge is -2.11. The van der Waals surface area contributed by atoms with Crippen LogP contribution in [0.3, 0.4) is 0 Å². The lowest BCUT2D eigenvalue weighted by atomic mass is 10.2. The predicted molar refractivity (Wildman–Crippen MR) is 91.6 cm³/mol. The van der Waals surface area contributed by atoms with Crippen LogP contribution in [0.15, 0.2) is 36.7 Å². The van der Waals surface area contributed by atoms with Gasteiger partial charge in [-0.2, -0.15) is 0 Å². The van der Waals surface area contributed by atoms with Crippen LogP contribution in [-0.4, -0.2) is 30.3 Å². The Morgan fingerprint density at radius 1 is 1.12 bits per heavy atom. The van der Waals surface area contributed by atoms with E-state index < -0.39 is 24.1 Å². The Balaban J connectivity index is 1.91. The lowest BCUT2D eigenvalue weighted by molar-refractivity contribution is 0.289. The highest BCUT2D eigenvalue weighted by atomic mass is 19.1. The Morgan fingerprint density at radius 3 is 2.58 bits per heavy atom. The Bertz CT molecular complexity index is 898. The molecule has 26 heavy (non-hydrogen) atoms. The van der Waals surface area contributed by atoms with Gasteiger partial charge in [-0.15, -0.1) is 0 Å². The van der Waals surface area contributed by atoms with Gasteiger partial charge in [0.15, 0.2) is 23.1 Å². The Morgan fingerprint density at radius 2 is 1.88 bits per heavy atom. The zero-order valence-electron chi connectivity index (χ0n) is 13.9. The number of hydrogen-bond donors (Lipinski definition) is 1. The molecule has 0 aliphatic rings. The number of hydrogen-bond acceptors (Lipinski definition) is 5. The monoisotopic (exact) mass is 363 g/mol. The fraction of sp³-hybridized carbons (Fsp3) is 0.222. The quantitative estimate of drug-likeness (QED) is 0.627. The third-order valence-corrected chi connectivity index (χ3v) is 3.56. The Kier molecular flexibility index (Phi) is 5.40. The first-order valence-corrected chi connectivity index (χ1v) is 7.90.